The second-order valence-electron chi connectivity index (χ2n) is 6.11. The zero-order valence-corrected chi connectivity index (χ0v) is 14.7. The quantitative estimate of drug-likeness (QED) is 0.650. The van der Waals surface area contributed by atoms with Crippen LogP contribution in [-0.4, -0.2) is 12.0 Å². The first-order valence-electron chi connectivity index (χ1n) is 8.15. The summed E-state index contributed by atoms with van der Waals surface area (Å²) in [4.78, 5) is 11.4. The number of methoxy groups -OCH3 is 1. The third-order valence-electron chi connectivity index (χ3n) is 4.54. The fourth-order valence-electron chi connectivity index (χ4n) is 3.39. The molecule has 5 nitrogen and oxygen atoms in total. The van der Waals surface area contributed by atoms with E-state index in [0.29, 0.717) is 17.0 Å². The number of halogens is 1. The Kier molecular flexibility index (Phi) is 4.75. The Morgan fingerprint density at radius 2 is 1.73 bits per heavy atom. The monoisotopic (exact) mass is 354 g/mol. The van der Waals surface area contributed by atoms with E-state index in [0.717, 1.165) is 11.3 Å². The summed E-state index contributed by atoms with van der Waals surface area (Å²) in [5, 5.41) is 14.9. The number of allylic oxidation sites excluding steroid dienone is 3. The fourth-order valence-corrected chi connectivity index (χ4v) is 3.39. The van der Waals surface area contributed by atoms with E-state index in [1.54, 1.807) is 44.4 Å². The Balaban J connectivity index is 2.23. The number of nitrogens with one attached hydrogen (secondary N) is 1. The summed E-state index contributed by atoms with van der Waals surface area (Å²) in [6.07, 6.45) is 0. The van der Waals surface area contributed by atoms with Crippen molar-refractivity contribution in [1.29, 1.82) is 0 Å². The normalized spacial score (nSPS) is 17.2. The molecule has 1 aliphatic rings. The molecule has 0 saturated carbocycles. The predicted molar refractivity (Wildman–Crippen MR) is 97.6 cm³/mol. The van der Waals surface area contributed by atoms with E-state index in [4.69, 9.17) is 4.74 Å². The van der Waals surface area contributed by atoms with Gasteiger partial charge in [-0.3, -0.25) is 10.1 Å². The second kappa shape index (κ2) is 7.00. The molecule has 1 aliphatic heterocycles. The van der Waals surface area contributed by atoms with Crippen LogP contribution in [-0.2, 0) is 0 Å². The maximum absolute atomic E-state index is 14.6. The number of hydrogen-bond acceptors (Lipinski definition) is 4. The van der Waals surface area contributed by atoms with Crippen molar-refractivity contribution in [3.05, 3.63) is 92.7 Å². The summed E-state index contributed by atoms with van der Waals surface area (Å²) in [7, 11) is 1.57. The van der Waals surface area contributed by atoms with Gasteiger partial charge in [-0.15, -0.1) is 0 Å². The van der Waals surface area contributed by atoms with Gasteiger partial charge in [0.15, 0.2) is 0 Å². The van der Waals surface area contributed by atoms with E-state index in [9.17, 15) is 14.5 Å². The lowest BCUT2D eigenvalue weighted by molar-refractivity contribution is -0.430. The molecule has 3 rings (SSSR count). The first-order chi connectivity index (χ1) is 12.4. The van der Waals surface area contributed by atoms with Gasteiger partial charge in [0.2, 0.25) is 0 Å². The van der Waals surface area contributed by atoms with Crippen LogP contribution < -0.4 is 10.1 Å². The van der Waals surface area contributed by atoms with Gasteiger partial charge in [0.1, 0.15) is 17.5 Å². The van der Waals surface area contributed by atoms with Crippen molar-refractivity contribution in [2.45, 2.75) is 19.8 Å². The molecule has 1 atom stereocenters. The van der Waals surface area contributed by atoms with Crippen LogP contribution in [0.25, 0.3) is 5.57 Å². The predicted octanol–water partition coefficient (Wildman–Crippen LogP) is 4.46. The van der Waals surface area contributed by atoms with Crippen molar-refractivity contribution in [1.82, 2.24) is 5.32 Å². The second-order valence-corrected chi connectivity index (χ2v) is 6.11. The Morgan fingerprint density at radius 1 is 1.08 bits per heavy atom. The summed E-state index contributed by atoms with van der Waals surface area (Å²) in [5.41, 5.74) is 2.85. The van der Waals surface area contributed by atoms with Crippen molar-refractivity contribution in [3.63, 3.8) is 0 Å². The lowest BCUT2D eigenvalue weighted by atomic mass is 9.80. The zero-order valence-electron chi connectivity index (χ0n) is 14.7. The van der Waals surface area contributed by atoms with E-state index < -0.39 is 16.7 Å². The highest BCUT2D eigenvalue weighted by molar-refractivity contribution is 5.78. The Labute approximate surface area is 151 Å². The number of nitrogens with zero attached hydrogens (tertiary/aromatic N) is 1. The van der Waals surface area contributed by atoms with E-state index in [2.05, 4.69) is 5.32 Å². The molecule has 0 spiro atoms. The van der Waals surface area contributed by atoms with Crippen LogP contribution in [0.4, 0.5) is 4.39 Å². The molecule has 0 saturated heterocycles. The molecule has 0 amide bonds. The van der Waals surface area contributed by atoms with Crippen LogP contribution in [0.3, 0.4) is 0 Å². The minimum absolute atomic E-state index is 0.0495. The topological polar surface area (TPSA) is 64.4 Å². The average molecular weight is 354 g/mol. The van der Waals surface area contributed by atoms with Crippen molar-refractivity contribution in [3.8, 4) is 5.75 Å². The van der Waals surface area contributed by atoms with Gasteiger partial charge in [0.25, 0.3) is 5.70 Å². The molecule has 0 radical (unpaired) electrons. The van der Waals surface area contributed by atoms with Crippen LogP contribution in [0.2, 0.25) is 0 Å². The van der Waals surface area contributed by atoms with E-state index in [1.807, 2.05) is 19.1 Å². The molecule has 26 heavy (non-hydrogen) atoms. The lowest BCUT2D eigenvalue weighted by Crippen LogP contribution is -2.27. The number of benzene rings is 2. The van der Waals surface area contributed by atoms with Crippen molar-refractivity contribution >= 4 is 5.57 Å². The van der Waals surface area contributed by atoms with Crippen molar-refractivity contribution in [2.75, 3.05) is 7.11 Å². The summed E-state index contributed by atoms with van der Waals surface area (Å²) in [5.74, 6) is -0.592. The molecular formula is C20H19FN2O3. The van der Waals surface area contributed by atoms with E-state index in [-0.39, 0.29) is 11.3 Å². The molecule has 1 unspecified atom stereocenters. The van der Waals surface area contributed by atoms with Crippen LogP contribution in [0.15, 0.2) is 65.6 Å². The molecule has 0 fully saturated rings. The van der Waals surface area contributed by atoms with Gasteiger partial charge in [-0.1, -0.05) is 30.3 Å². The van der Waals surface area contributed by atoms with Gasteiger partial charge in [0, 0.05) is 11.3 Å². The highest BCUT2D eigenvalue weighted by atomic mass is 19.1. The van der Waals surface area contributed by atoms with Crippen molar-refractivity contribution < 1.29 is 14.1 Å². The van der Waals surface area contributed by atoms with Crippen LogP contribution in [0.1, 0.15) is 30.9 Å². The van der Waals surface area contributed by atoms with Gasteiger partial charge in [-0.25, -0.2) is 4.39 Å². The Bertz CT molecular complexity index is 917. The number of hydrogen-bond donors (Lipinski definition) is 1. The highest BCUT2D eigenvalue weighted by Crippen LogP contribution is 2.44. The fraction of sp³-hybridized carbons (Fsp3) is 0.200. The zero-order chi connectivity index (χ0) is 18.8. The van der Waals surface area contributed by atoms with Gasteiger partial charge < -0.3 is 10.1 Å². The number of rotatable bonds is 4. The van der Waals surface area contributed by atoms with Gasteiger partial charge in [0.05, 0.1) is 17.7 Å². The average Bonchev–Trinajstić information content (AvgIpc) is 2.61. The lowest BCUT2D eigenvalue weighted by Gasteiger charge is -2.28. The molecular weight excluding hydrogens is 335 g/mol. The van der Waals surface area contributed by atoms with Gasteiger partial charge in [-0.2, -0.15) is 0 Å². The summed E-state index contributed by atoms with van der Waals surface area (Å²) in [6, 6.07) is 13.4. The standard InChI is InChI=1S/C20H19FN2O3/c1-12-18(14-8-10-15(26-3)11-9-14)19(16-6-4-5-7-17(16)21)20(23(24)25)13(2)22-12/h4-11,19,22H,1-3H3. The van der Waals surface area contributed by atoms with E-state index >= 15 is 0 Å². The molecule has 6 heteroatoms. The maximum atomic E-state index is 14.6. The van der Waals surface area contributed by atoms with Crippen LogP contribution in [0.5, 0.6) is 5.75 Å². The molecule has 1 heterocycles. The number of nitro groups is 1. The van der Waals surface area contributed by atoms with Crippen LogP contribution >= 0.6 is 0 Å². The maximum Gasteiger partial charge on any atom is 0.276 e. The van der Waals surface area contributed by atoms with Gasteiger partial charge >= 0.3 is 0 Å². The summed E-state index contributed by atoms with van der Waals surface area (Å²) in [6.45, 7) is 3.48. The minimum atomic E-state index is -0.805. The third kappa shape index (κ3) is 3.06. The van der Waals surface area contributed by atoms with Crippen LogP contribution in [0, 0.1) is 15.9 Å². The Morgan fingerprint density at radius 3 is 2.31 bits per heavy atom. The number of ether oxygens (including phenoxy) is 1. The first-order valence-corrected chi connectivity index (χ1v) is 8.15. The number of dihydropyridines is 1. The SMILES string of the molecule is COc1ccc(C2=C(C)NC(C)=C([N+](=O)[O-])C2c2ccccc2F)cc1. The third-order valence-corrected chi connectivity index (χ3v) is 4.54. The molecule has 1 N–H and O–H groups in total. The van der Waals surface area contributed by atoms with E-state index in [1.165, 1.54) is 6.07 Å². The highest BCUT2D eigenvalue weighted by Gasteiger charge is 2.38. The van der Waals surface area contributed by atoms with Crippen molar-refractivity contribution in [2.24, 2.45) is 0 Å². The molecule has 2 aromatic carbocycles. The first kappa shape index (κ1) is 17.7. The summed E-state index contributed by atoms with van der Waals surface area (Å²) >= 11 is 0. The molecule has 134 valence electrons. The molecule has 0 aliphatic carbocycles. The smallest absolute Gasteiger partial charge is 0.276 e. The largest absolute Gasteiger partial charge is 0.497 e. The Hall–Kier alpha value is -3.15. The minimum Gasteiger partial charge on any atom is -0.497 e. The molecule has 0 aromatic heterocycles. The summed E-state index contributed by atoms with van der Waals surface area (Å²) < 4.78 is 19.7. The molecule has 2 aromatic rings. The molecule has 0 bridgehead atoms. The van der Waals surface area contributed by atoms with Gasteiger partial charge in [-0.05, 0) is 43.2 Å².